The normalized spacial score (nSPS) is 15.7. The van der Waals surface area contributed by atoms with Gasteiger partial charge in [-0.3, -0.25) is 4.79 Å². The highest BCUT2D eigenvalue weighted by Crippen LogP contribution is 2.27. The first-order valence-corrected chi connectivity index (χ1v) is 8.72. The fourth-order valence-electron chi connectivity index (χ4n) is 3.33. The number of likely N-dealkylation sites (tertiary alicyclic amines) is 1. The van der Waals surface area contributed by atoms with Crippen molar-refractivity contribution in [2.45, 2.75) is 38.6 Å². The van der Waals surface area contributed by atoms with E-state index in [9.17, 15) is 4.79 Å². The zero-order valence-electron chi connectivity index (χ0n) is 15.2. The van der Waals surface area contributed by atoms with Gasteiger partial charge in [0.2, 0.25) is 5.91 Å². The zero-order chi connectivity index (χ0) is 17.8. The van der Waals surface area contributed by atoms with Crippen molar-refractivity contribution in [3.63, 3.8) is 0 Å². The molecule has 1 fully saturated rings. The minimum atomic E-state index is 0.175. The molecule has 1 aliphatic heterocycles. The Balaban J connectivity index is 1.60. The maximum atomic E-state index is 12.1. The van der Waals surface area contributed by atoms with Crippen molar-refractivity contribution in [1.29, 1.82) is 0 Å². The number of imidazole rings is 1. The van der Waals surface area contributed by atoms with Gasteiger partial charge >= 0.3 is 0 Å². The lowest BCUT2D eigenvalue weighted by atomic mass is 9.95. The molecule has 1 aliphatic rings. The summed E-state index contributed by atoms with van der Waals surface area (Å²) in [5.41, 5.74) is 0. The van der Waals surface area contributed by atoms with Gasteiger partial charge in [0.15, 0.2) is 5.82 Å². The Morgan fingerprint density at radius 1 is 1.32 bits per heavy atom. The van der Waals surface area contributed by atoms with Crippen molar-refractivity contribution in [2.75, 3.05) is 26.8 Å². The lowest BCUT2D eigenvalue weighted by molar-refractivity contribution is -0.133. The number of ether oxygens (including phenoxy) is 1. The summed E-state index contributed by atoms with van der Waals surface area (Å²) in [6, 6.07) is 0. The summed E-state index contributed by atoms with van der Waals surface area (Å²) in [5, 5.41) is 8.79. The summed E-state index contributed by atoms with van der Waals surface area (Å²) in [7, 11) is 3.64. The number of amides is 1. The first kappa shape index (κ1) is 17.6. The van der Waals surface area contributed by atoms with Crippen LogP contribution >= 0.6 is 0 Å². The topological polar surface area (TPSA) is 78.1 Å². The van der Waals surface area contributed by atoms with Crippen LogP contribution in [0.1, 0.15) is 42.7 Å². The lowest BCUT2D eigenvalue weighted by Crippen LogP contribution is -2.38. The van der Waals surface area contributed by atoms with Crippen molar-refractivity contribution in [3.8, 4) is 0 Å². The Morgan fingerprint density at radius 3 is 2.72 bits per heavy atom. The number of hydrogen-bond acceptors (Lipinski definition) is 5. The highest BCUT2D eigenvalue weighted by molar-refractivity contribution is 5.76. The highest BCUT2D eigenvalue weighted by atomic mass is 16.5. The van der Waals surface area contributed by atoms with Crippen LogP contribution in [0.15, 0.2) is 12.4 Å². The third-order valence-corrected chi connectivity index (χ3v) is 4.97. The number of nitrogens with zero attached hydrogens (tertiary/aromatic N) is 6. The molecule has 8 nitrogen and oxygen atoms in total. The second kappa shape index (κ2) is 7.77. The molecular weight excluding hydrogens is 320 g/mol. The number of rotatable bonds is 6. The first-order chi connectivity index (χ1) is 12.1. The number of aryl methyl sites for hydroxylation is 1. The Hall–Kier alpha value is -2.22. The van der Waals surface area contributed by atoms with E-state index in [1.165, 1.54) is 0 Å². The molecule has 0 unspecified atom stereocenters. The quantitative estimate of drug-likeness (QED) is 0.783. The minimum Gasteiger partial charge on any atom is -0.384 e. The Kier molecular flexibility index (Phi) is 5.47. The van der Waals surface area contributed by atoms with Gasteiger partial charge in [0.05, 0.1) is 19.6 Å². The molecule has 25 heavy (non-hydrogen) atoms. The van der Waals surface area contributed by atoms with Crippen LogP contribution in [0.5, 0.6) is 0 Å². The summed E-state index contributed by atoms with van der Waals surface area (Å²) in [5.74, 6) is 3.43. The average molecular weight is 346 g/mol. The van der Waals surface area contributed by atoms with Gasteiger partial charge in [0.25, 0.3) is 0 Å². The largest absolute Gasteiger partial charge is 0.384 e. The maximum absolute atomic E-state index is 12.1. The van der Waals surface area contributed by atoms with Crippen molar-refractivity contribution in [2.24, 2.45) is 7.05 Å². The molecule has 1 saturated heterocycles. The fourth-order valence-corrected chi connectivity index (χ4v) is 3.33. The zero-order valence-corrected chi connectivity index (χ0v) is 15.2. The molecule has 2 aromatic heterocycles. The molecule has 0 aliphatic carbocycles. The molecule has 0 saturated carbocycles. The van der Waals surface area contributed by atoms with E-state index in [1.807, 2.05) is 25.1 Å². The van der Waals surface area contributed by atoms with Crippen molar-refractivity contribution in [1.82, 2.24) is 29.2 Å². The Labute approximate surface area is 147 Å². The van der Waals surface area contributed by atoms with Crippen LogP contribution in [0.25, 0.3) is 0 Å². The predicted molar refractivity (Wildman–Crippen MR) is 92.1 cm³/mol. The van der Waals surface area contributed by atoms with Crippen LogP contribution in [-0.2, 0) is 23.1 Å². The molecule has 0 radical (unpaired) electrons. The van der Waals surface area contributed by atoms with Crippen LogP contribution in [0.3, 0.4) is 0 Å². The number of hydrogen-bond donors (Lipinski definition) is 0. The summed E-state index contributed by atoms with van der Waals surface area (Å²) in [6.45, 7) is 4.68. The molecule has 0 atom stereocenters. The van der Waals surface area contributed by atoms with Gasteiger partial charge in [-0.25, -0.2) is 4.98 Å². The molecule has 0 aromatic carbocycles. The highest BCUT2D eigenvalue weighted by Gasteiger charge is 2.27. The van der Waals surface area contributed by atoms with Gasteiger partial charge in [-0.05, 0) is 19.8 Å². The lowest BCUT2D eigenvalue weighted by Gasteiger charge is -2.31. The third-order valence-electron chi connectivity index (χ3n) is 4.97. The molecule has 0 N–H and O–H groups in total. The van der Waals surface area contributed by atoms with Gasteiger partial charge in [-0.15, -0.1) is 10.2 Å². The third kappa shape index (κ3) is 3.89. The van der Waals surface area contributed by atoms with Gasteiger partial charge in [-0.2, -0.15) is 0 Å². The summed E-state index contributed by atoms with van der Waals surface area (Å²) in [6.07, 6.45) is 6.06. The SMILES string of the molecule is COCCC(=O)N1CCC(c2nnc(Cn3ccnc3C)n2C)CC1. The van der Waals surface area contributed by atoms with Crippen molar-refractivity contribution < 1.29 is 9.53 Å². The molecule has 8 heteroatoms. The van der Waals surface area contributed by atoms with Crippen LogP contribution in [0, 0.1) is 6.92 Å². The van der Waals surface area contributed by atoms with E-state index in [-0.39, 0.29) is 5.91 Å². The number of methoxy groups -OCH3 is 1. The molecule has 136 valence electrons. The fraction of sp³-hybridized carbons (Fsp3) is 0.647. The van der Waals surface area contributed by atoms with E-state index in [0.29, 0.717) is 25.5 Å². The van der Waals surface area contributed by atoms with Gasteiger partial charge < -0.3 is 18.8 Å². The first-order valence-electron chi connectivity index (χ1n) is 8.72. The number of carbonyl (C=O) groups is 1. The van der Waals surface area contributed by atoms with E-state index < -0.39 is 0 Å². The standard InChI is InChI=1S/C17H26N6O2/c1-13-18-7-10-23(13)12-15-19-20-17(21(15)2)14-4-8-22(9-5-14)16(24)6-11-25-3/h7,10,14H,4-6,8-9,11-12H2,1-3H3. The average Bonchev–Trinajstić information content (AvgIpc) is 3.19. The monoisotopic (exact) mass is 346 g/mol. The van der Waals surface area contributed by atoms with Crippen LogP contribution in [0.2, 0.25) is 0 Å². The summed E-state index contributed by atoms with van der Waals surface area (Å²) >= 11 is 0. The maximum Gasteiger partial charge on any atom is 0.224 e. The van der Waals surface area contributed by atoms with Crippen LogP contribution in [-0.4, -0.2) is 61.9 Å². The minimum absolute atomic E-state index is 0.175. The molecule has 0 spiro atoms. The van der Waals surface area contributed by atoms with E-state index >= 15 is 0 Å². The summed E-state index contributed by atoms with van der Waals surface area (Å²) in [4.78, 5) is 18.3. The Bertz CT molecular complexity index is 715. The molecular formula is C17H26N6O2. The molecule has 1 amide bonds. The number of piperidine rings is 1. The van der Waals surface area contributed by atoms with E-state index in [2.05, 4.69) is 24.3 Å². The van der Waals surface area contributed by atoms with E-state index in [0.717, 1.165) is 43.4 Å². The van der Waals surface area contributed by atoms with E-state index in [4.69, 9.17) is 4.74 Å². The van der Waals surface area contributed by atoms with Gasteiger partial charge in [-0.1, -0.05) is 0 Å². The van der Waals surface area contributed by atoms with Crippen molar-refractivity contribution in [3.05, 3.63) is 29.9 Å². The predicted octanol–water partition coefficient (Wildman–Crippen LogP) is 1.11. The molecule has 2 aromatic rings. The van der Waals surface area contributed by atoms with E-state index in [1.54, 1.807) is 13.3 Å². The Morgan fingerprint density at radius 2 is 2.08 bits per heavy atom. The number of carbonyl (C=O) groups excluding carboxylic acids is 1. The second-order valence-electron chi connectivity index (χ2n) is 6.53. The smallest absolute Gasteiger partial charge is 0.224 e. The number of aromatic nitrogens is 5. The van der Waals surface area contributed by atoms with Crippen LogP contribution < -0.4 is 0 Å². The van der Waals surface area contributed by atoms with Crippen LogP contribution in [0.4, 0.5) is 0 Å². The molecule has 3 heterocycles. The van der Waals surface area contributed by atoms with Crippen molar-refractivity contribution >= 4 is 5.91 Å². The van der Waals surface area contributed by atoms with Gasteiger partial charge in [0.1, 0.15) is 11.6 Å². The van der Waals surface area contributed by atoms with Gasteiger partial charge in [0, 0.05) is 45.6 Å². The molecule has 3 rings (SSSR count). The second-order valence-corrected chi connectivity index (χ2v) is 6.53. The molecule has 0 bridgehead atoms. The summed E-state index contributed by atoms with van der Waals surface area (Å²) < 4.78 is 9.14.